The van der Waals surface area contributed by atoms with E-state index in [1.165, 1.54) is 48.9 Å². The topological polar surface area (TPSA) is 73.5 Å². The van der Waals surface area contributed by atoms with Crippen LogP contribution in [0.4, 0.5) is 5.69 Å². The highest BCUT2D eigenvalue weighted by atomic mass is 32.3. The molecule has 0 fully saturated rings. The highest BCUT2D eigenvalue weighted by Crippen LogP contribution is 2.46. The summed E-state index contributed by atoms with van der Waals surface area (Å²) in [7, 11) is -4.42. The van der Waals surface area contributed by atoms with Crippen molar-refractivity contribution in [3.63, 3.8) is 0 Å². The summed E-state index contributed by atoms with van der Waals surface area (Å²) >= 11 is 3.73. The Morgan fingerprint density at radius 3 is 2.41 bits per heavy atom. The molecule has 0 aliphatic carbocycles. The third-order valence-corrected chi connectivity index (χ3v) is 7.89. The summed E-state index contributed by atoms with van der Waals surface area (Å²) < 4.78 is 35.8. The first kappa shape index (κ1) is 26.4. The van der Waals surface area contributed by atoms with Crippen LogP contribution in [0, 0.1) is 13.8 Å². The fourth-order valence-corrected chi connectivity index (χ4v) is 6.45. The van der Waals surface area contributed by atoms with E-state index in [0.29, 0.717) is 0 Å². The van der Waals surface area contributed by atoms with Gasteiger partial charge in [0.05, 0.1) is 17.3 Å². The number of hydrogen-bond acceptors (Lipinski definition) is 7. The molecule has 182 valence electrons. The summed E-state index contributed by atoms with van der Waals surface area (Å²) in [4.78, 5) is 3.75. The SMILES string of the molecule is CCN1/C(=C/C=C/c2sc3cc(C)ccc3[n+]2CC)Sc2cc(C)ccc21.CCOS(=O)(=O)[O-]. The Balaban J connectivity index is 0.000000406. The second-order valence-corrected chi connectivity index (χ2v) is 10.8. The van der Waals surface area contributed by atoms with Crippen molar-refractivity contribution in [3.8, 4) is 0 Å². The number of thioether (sulfide) groups is 1. The maximum absolute atomic E-state index is 9.45. The molecule has 0 spiro atoms. The zero-order chi connectivity index (χ0) is 24.9. The number of hydrogen-bond donors (Lipinski definition) is 0. The lowest BCUT2D eigenvalue weighted by Gasteiger charge is -2.17. The van der Waals surface area contributed by atoms with Crippen LogP contribution in [0.25, 0.3) is 16.3 Å². The molecule has 0 saturated heterocycles. The molecule has 1 aliphatic heterocycles. The Kier molecular flexibility index (Phi) is 8.95. The third kappa shape index (κ3) is 6.49. The summed E-state index contributed by atoms with van der Waals surface area (Å²) in [6, 6.07) is 13.4. The lowest BCUT2D eigenvalue weighted by atomic mass is 10.2. The van der Waals surface area contributed by atoms with E-state index in [1.54, 1.807) is 0 Å². The van der Waals surface area contributed by atoms with Crippen LogP contribution in [0.1, 0.15) is 36.9 Å². The summed E-state index contributed by atoms with van der Waals surface area (Å²) in [6.45, 7) is 12.1. The highest BCUT2D eigenvalue weighted by molar-refractivity contribution is 8.03. The first-order chi connectivity index (χ1) is 16.2. The van der Waals surface area contributed by atoms with E-state index in [9.17, 15) is 13.0 Å². The fraction of sp³-hybridized carbons (Fsp3) is 0.320. The van der Waals surface area contributed by atoms with Crippen molar-refractivity contribution in [2.45, 2.75) is 46.1 Å². The Hall–Kier alpha value is -2.17. The van der Waals surface area contributed by atoms with E-state index in [1.807, 2.05) is 23.1 Å². The van der Waals surface area contributed by atoms with Gasteiger partial charge in [0.1, 0.15) is 11.2 Å². The summed E-state index contributed by atoms with van der Waals surface area (Å²) in [5.41, 5.74) is 5.29. The van der Waals surface area contributed by atoms with Crippen LogP contribution in [-0.4, -0.2) is 26.1 Å². The van der Waals surface area contributed by atoms with Crippen LogP contribution >= 0.6 is 23.1 Å². The molecule has 0 bridgehead atoms. The Bertz CT molecular complexity index is 1330. The van der Waals surface area contributed by atoms with Crippen molar-refractivity contribution in [3.05, 3.63) is 69.7 Å². The molecule has 2 heterocycles. The van der Waals surface area contributed by atoms with Crippen molar-refractivity contribution >= 4 is 55.5 Å². The van der Waals surface area contributed by atoms with Crippen molar-refractivity contribution in [1.82, 2.24) is 0 Å². The first-order valence-corrected chi connectivity index (χ1v) is 14.1. The van der Waals surface area contributed by atoms with Crippen molar-refractivity contribution < 1.29 is 21.7 Å². The molecule has 34 heavy (non-hydrogen) atoms. The zero-order valence-electron chi connectivity index (χ0n) is 20.1. The first-order valence-electron chi connectivity index (χ1n) is 11.1. The number of rotatable bonds is 6. The van der Waals surface area contributed by atoms with Crippen molar-refractivity contribution in [2.24, 2.45) is 0 Å². The highest BCUT2D eigenvalue weighted by Gasteiger charge is 2.23. The van der Waals surface area contributed by atoms with Gasteiger partial charge >= 0.3 is 0 Å². The number of aromatic nitrogens is 1. The molecule has 0 radical (unpaired) electrons. The predicted octanol–water partition coefficient (Wildman–Crippen LogP) is 5.80. The number of nitrogens with zero attached hydrogens (tertiary/aromatic N) is 2. The van der Waals surface area contributed by atoms with Crippen molar-refractivity contribution in [1.29, 1.82) is 0 Å². The molecule has 6 nitrogen and oxygen atoms in total. The van der Waals surface area contributed by atoms with Crippen molar-refractivity contribution in [2.75, 3.05) is 18.1 Å². The van der Waals surface area contributed by atoms with Crippen LogP contribution < -0.4 is 9.47 Å². The number of allylic oxidation sites excluding steroid dienone is 2. The van der Waals surface area contributed by atoms with E-state index in [0.717, 1.165) is 13.1 Å². The molecule has 2 aromatic carbocycles. The van der Waals surface area contributed by atoms with Gasteiger partial charge in [0.2, 0.25) is 15.9 Å². The van der Waals surface area contributed by atoms with Crippen LogP contribution in [-0.2, 0) is 21.1 Å². The molecule has 4 rings (SSSR count). The molecule has 0 atom stereocenters. The van der Waals surface area contributed by atoms with Gasteiger partial charge in [0.25, 0.3) is 5.01 Å². The number of thiazole rings is 1. The monoisotopic (exact) mass is 518 g/mol. The summed E-state index contributed by atoms with van der Waals surface area (Å²) in [6.07, 6.45) is 6.70. The van der Waals surface area contributed by atoms with Gasteiger partial charge in [-0.25, -0.2) is 8.42 Å². The average molecular weight is 519 g/mol. The van der Waals surface area contributed by atoms with Gasteiger partial charge < -0.3 is 9.45 Å². The maximum atomic E-state index is 9.45. The molecular weight excluding hydrogens is 488 g/mol. The second-order valence-electron chi connectivity index (χ2n) is 7.65. The van der Waals surface area contributed by atoms with Gasteiger partial charge in [-0.05, 0) is 70.0 Å². The lowest BCUT2D eigenvalue weighted by Crippen LogP contribution is -2.33. The molecule has 9 heteroatoms. The normalized spacial score (nSPS) is 14.6. The fourth-order valence-electron chi connectivity index (χ4n) is 3.68. The van der Waals surface area contributed by atoms with Gasteiger partial charge in [-0.1, -0.05) is 41.3 Å². The summed E-state index contributed by atoms with van der Waals surface area (Å²) in [5, 5.41) is 2.60. The van der Waals surface area contributed by atoms with Gasteiger partial charge in [-0.15, -0.1) is 0 Å². The maximum Gasteiger partial charge on any atom is 0.262 e. The Morgan fingerprint density at radius 2 is 1.79 bits per heavy atom. The van der Waals surface area contributed by atoms with E-state index in [4.69, 9.17) is 0 Å². The largest absolute Gasteiger partial charge is 0.726 e. The number of aryl methyl sites for hydroxylation is 3. The summed E-state index contributed by atoms with van der Waals surface area (Å²) in [5.74, 6) is 0. The molecule has 0 unspecified atom stereocenters. The number of anilines is 1. The molecule has 0 amide bonds. The van der Waals surface area contributed by atoms with Gasteiger partial charge in [0, 0.05) is 23.6 Å². The van der Waals surface area contributed by atoms with E-state index >= 15 is 0 Å². The van der Waals surface area contributed by atoms with Gasteiger partial charge in [-0.2, -0.15) is 4.57 Å². The Labute approximate surface area is 210 Å². The Morgan fingerprint density at radius 1 is 1.09 bits per heavy atom. The van der Waals surface area contributed by atoms with Crippen LogP contribution in [0.3, 0.4) is 0 Å². The third-order valence-electron chi connectivity index (χ3n) is 5.15. The van der Waals surface area contributed by atoms with E-state index in [2.05, 4.69) is 96.0 Å². The lowest BCUT2D eigenvalue weighted by molar-refractivity contribution is -0.665. The standard InChI is InChI=1S/C23H25N2S2.C2H6O4S/c1-5-24-18-12-10-16(3)14-20(18)26-22(24)8-7-9-23-25(6-2)19-13-11-17(4)15-21(19)27-23;1-2-6-7(3,4)5/h7-15H,5-6H2,1-4H3;2H2,1H3,(H,3,4,5)/q+1;/p-1. The molecule has 3 aromatic rings. The van der Waals surface area contributed by atoms with Crippen LogP contribution in [0.15, 0.2) is 58.5 Å². The minimum atomic E-state index is -4.42. The van der Waals surface area contributed by atoms with E-state index < -0.39 is 10.4 Å². The quantitative estimate of drug-likeness (QED) is 0.233. The molecule has 0 saturated carbocycles. The average Bonchev–Trinajstić information content (AvgIpc) is 3.29. The molecular formula is C25H30N2O4S3. The zero-order valence-corrected chi connectivity index (χ0v) is 22.5. The minimum absolute atomic E-state index is 0.0914. The minimum Gasteiger partial charge on any atom is -0.726 e. The molecule has 1 aromatic heterocycles. The predicted molar refractivity (Wildman–Crippen MR) is 141 cm³/mol. The van der Waals surface area contributed by atoms with Crippen LogP contribution in [0.5, 0.6) is 0 Å². The van der Waals surface area contributed by atoms with E-state index in [-0.39, 0.29) is 6.61 Å². The molecule has 0 N–H and O–H groups in total. The number of benzene rings is 2. The smallest absolute Gasteiger partial charge is 0.262 e. The van der Waals surface area contributed by atoms with Gasteiger partial charge in [-0.3, -0.25) is 4.18 Å². The van der Waals surface area contributed by atoms with Crippen LogP contribution in [0.2, 0.25) is 0 Å². The number of fused-ring (bicyclic) bond motifs is 2. The second kappa shape index (κ2) is 11.5. The van der Waals surface area contributed by atoms with Gasteiger partial charge in [0.15, 0.2) is 0 Å². The molecule has 1 aliphatic rings.